The molecule has 2 aromatic rings. The van der Waals surface area contributed by atoms with Crippen LogP contribution in [0, 0.1) is 0 Å². The number of benzene rings is 2. The lowest BCUT2D eigenvalue weighted by Gasteiger charge is -2.13. The highest BCUT2D eigenvalue weighted by atomic mass is 35.5. The van der Waals surface area contributed by atoms with E-state index in [1.165, 1.54) is 12.1 Å². The van der Waals surface area contributed by atoms with Gasteiger partial charge >= 0.3 is 11.9 Å². The molecule has 0 bridgehead atoms. The van der Waals surface area contributed by atoms with Gasteiger partial charge in [-0.15, -0.1) is 0 Å². The number of aliphatic hydroxyl groups excluding tert-OH is 1. The number of aliphatic hydroxyl groups is 1. The molecular formula is C22H21ClO7. The summed E-state index contributed by atoms with van der Waals surface area (Å²) in [6.45, 7) is 2.90. The average molecular weight is 433 g/mol. The summed E-state index contributed by atoms with van der Waals surface area (Å²) < 4.78 is 15.0. The minimum atomic E-state index is -1.08. The normalized spacial score (nSPS) is 11.4. The Balaban J connectivity index is 1.88. The quantitative estimate of drug-likeness (QED) is 0.252. The van der Waals surface area contributed by atoms with Gasteiger partial charge in [0.25, 0.3) is 0 Å². The van der Waals surface area contributed by atoms with E-state index in [2.05, 4.69) is 6.58 Å². The van der Waals surface area contributed by atoms with E-state index in [1.54, 1.807) is 36.4 Å². The van der Waals surface area contributed by atoms with Crippen molar-refractivity contribution in [3.63, 3.8) is 0 Å². The summed E-state index contributed by atoms with van der Waals surface area (Å²) in [7, 11) is 0. The van der Waals surface area contributed by atoms with Gasteiger partial charge in [0.15, 0.2) is 5.78 Å². The average Bonchev–Trinajstić information content (AvgIpc) is 2.77. The van der Waals surface area contributed by atoms with Gasteiger partial charge in [-0.05, 0) is 30.3 Å². The molecule has 2 rings (SSSR count). The molecule has 0 radical (unpaired) electrons. The van der Waals surface area contributed by atoms with Gasteiger partial charge in [-0.3, -0.25) is 4.79 Å². The van der Waals surface area contributed by atoms with E-state index in [4.69, 9.17) is 25.8 Å². The molecule has 7 nitrogen and oxygen atoms in total. The molecule has 0 saturated carbocycles. The second-order valence-corrected chi connectivity index (χ2v) is 6.52. The van der Waals surface area contributed by atoms with Crippen molar-refractivity contribution in [2.75, 3.05) is 26.4 Å². The number of ether oxygens (including phenoxy) is 3. The first-order valence-electron chi connectivity index (χ1n) is 9.03. The predicted octanol–water partition coefficient (Wildman–Crippen LogP) is 2.83. The van der Waals surface area contributed by atoms with Gasteiger partial charge in [-0.2, -0.15) is 0 Å². The summed E-state index contributed by atoms with van der Waals surface area (Å²) in [5.41, 5.74) is 0.645. The lowest BCUT2D eigenvalue weighted by Crippen LogP contribution is -2.25. The second kappa shape index (κ2) is 11.9. The Morgan fingerprint density at radius 3 is 2.30 bits per heavy atom. The summed E-state index contributed by atoms with van der Waals surface area (Å²) in [4.78, 5) is 36.0. The highest BCUT2D eigenvalue weighted by Gasteiger charge is 2.20. The molecule has 0 aliphatic carbocycles. The SMILES string of the molecule is C=CC(=O)OCCOCC(O)COC(=O)c1ccccc1C(=O)c1ccc(Cl)cc1. The Labute approximate surface area is 178 Å². The minimum absolute atomic E-state index is 0.0115. The molecule has 8 heteroatoms. The van der Waals surface area contributed by atoms with Crippen LogP contribution in [0.1, 0.15) is 26.3 Å². The number of hydrogen-bond donors (Lipinski definition) is 1. The number of carbonyl (C=O) groups excluding carboxylic acids is 3. The van der Waals surface area contributed by atoms with Gasteiger partial charge in [0.05, 0.1) is 18.8 Å². The lowest BCUT2D eigenvalue weighted by molar-refractivity contribution is -0.139. The fourth-order valence-corrected chi connectivity index (χ4v) is 2.52. The van der Waals surface area contributed by atoms with Crippen molar-refractivity contribution in [3.05, 3.63) is 82.9 Å². The van der Waals surface area contributed by atoms with Crippen LogP contribution in [0.4, 0.5) is 0 Å². The van der Waals surface area contributed by atoms with Gasteiger partial charge in [-0.1, -0.05) is 36.4 Å². The topological polar surface area (TPSA) is 99.1 Å². The van der Waals surface area contributed by atoms with Gasteiger partial charge in [0.1, 0.15) is 19.3 Å². The number of carbonyl (C=O) groups is 3. The van der Waals surface area contributed by atoms with E-state index in [0.717, 1.165) is 6.08 Å². The van der Waals surface area contributed by atoms with E-state index >= 15 is 0 Å². The van der Waals surface area contributed by atoms with E-state index in [9.17, 15) is 19.5 Å². The van der Waals surface area contributed by atoms with Crippen LogP contribution in [0.15, 0.2) is 61.2 Å². The number of hydrogen-bond acceptors (Lipinski definition) is 7. The molecule has 1 atom stereocenters. The summed E-state index contributed by atoms with van der Waals surface area (Å²) in [6.07, 6.45) is -0.0488. The van der Waals surface area contributed by atoms with Crippen molar-refractivity contribution >= 4 is 29.3 Å². The Bertz CT molecular complexity index is 893. The summed E-state index contributed by atoms with van der Waals surface area (Å²) in [6, 6.07) is 12.6. The van der Waals surface area contributed by atoms with Gasteiger partial charge < -0.3 is 19.3 Å². The number of esters is 2. The van der Waals surface area contributed by atoms with Gasteiger partial charge in [0.2, 0.25) is 0 Å². The van der Waals surface area contributed by atoms with Gasteiger partial charge in [0, 0.05) is 22.2 Å². The zero-order chi connectivity index (χ0) is 21.9. The Kier molecular flexibility index (Phi) is 9.21. The molecule has 2 aromatic carbocycles. The van der Waals surface area contributed by atoms with Crippen LogP contribution in [0.3, 0.4) is 0 Å². The van der Waals surface area contributed by atoms with Crippen LogP contribution in [0.25, 0.3) is 0 Å². The van der Waals surface area contributed by atoms with Crippen molar-refractivity contribution in [2.45, 2.75) is 6.10 Å². The standard InChI is InChI=1S/C22H21ClO7/c1-2-20(25)29-12-11-28-13-17(24)14-30-22(27)19-6-4-3-5-18(19)21(26)15-7-9-16(23)10-8-15/h2-10,17,24H,1,11-14H2. The second-order valence-electron chi connectivity index (χ2n) is 6.08. The third-order valence-electron chi connectivity index (χ3n) is 3.85. The molecule has 0 spiro atoms. The molecule has 0 aliphatic rings. The summed E-state index contributed by atoms with van der Waals surface area (Å²) in [5, 5.41) is 10.4. The summed E-state index contributed by atoms with van der Waals surface area (Å²) in [5.74, 6) is -1.66. The van der Waals surface area contributed by atoms with Crippen LogP contribution in [0.5, 0.6) is 0 Å². The predicted molar refractivity (Wildman–Crippen MR) is 110 cm³/mol. The molecule has 1 unspecified atom stereocenters. The van der Waals surface area contributed by atoms with Crippen LogP contribution in [-0.4, -0.2) is 55.4 Å². The molecule has 0 aromatic heterocycles. The van der Waals surface area contributed by atoms with E-state index in [1.807, 2.05) is 0 Å². The third-order valence-corrected chi connectivity index (χ3v) is 4.11. The fourth-order valence-electron chi connectivity index (χ4n) is 2.39. The van der Waals surface area contributed by atoms with Crippen molar-refractivity contribution in [3.8, 4) is 0 Å². The molecule has 158 valence electrons. The minimum Gasteiger partial charge on any atom is -0.460 e. The van der Waals surface area contributed by atoms with Crippen LogP contribution in [0.2, 0.25) is 5.02 Å². The maximum absolute atomic E-state index is 12.7. The summed E-state index contributed by atoms with van der Waals surface area (Å²) >= 11 is 5.84. The Hall–Kier alpha value is -3.00. The zero-order valence-corrected chi connectivity index (χ0v) is 16.8. The number of halogens is 1. The zero-order valence-electron chi connectivity index (χ0n) is 16.1. The van der Waals surface area contributed by atoms with Crippen molar-refractivity contribution in [2.24, 2.45) is 0 Å². The maximum atomic E-state index is 12.7. The molecule has 0 fully saturated rings. The Morgan fingerprint density at radius 2 is 1.63 bits per heavy atom. The molecule has 0 aliphatic heterocycles. The van der Waals surface area contributed by atoms with Crippen molar-refractivity contribution < 1.29 is 33.7 Å². The van der Waals surface area contributed by atoms with Gasteiger partial charge in [-0.25, -0.2) is 9.59 Å². The number of ketones is 1. The third kappa shape index (κ3) is 7.11. The van der Waals surface area contributed by atoms with Crippen LogP contribution in [-0.2, 0) is 19.0 Å². The molecule has 0 heterocycles. The molecule has 0 saturated heterocycles. The molecule has 30 heavy (non-hydrogen) atoms. The van der Waals surface area contributed by atoms with E-state index in [-0.39, 0.29) is 43.3 Å². The van der Waals surface area contributed by atoms with Crippen LogP contribution < -0.4 is 0 Å². The van der Waals surface area contributed by atoms with Crippen molar-refractivity contribution in [1.29, 1.82) is 0 Å². The monoisotopic (exact) mass is 432 g/mol. The van der Waals surface area contributed by atoms with E-state index < -0.39 is 18.0 Å². The maximum Gasteiger partial charge on any atom is 0.338 e. The molecular weight excluding hydrogens is 412 g/mol. The fraction of sp³-hybridized carbons (Fsp3) is 0.227. The van der Waals surface area contributed by atoms with Crippen molar-refractivity contribution in [1.82, 2.24) is 0 Å². The van der Waals surface area contributed by atoms with E-state index in [0.29, 0.717) is 10.6 Å². The molecule has 1 N–H and O–H groups in total. The Morgan fingerprint density at radius 1 is 0.967 bits per heavy atom. The highest BCUT2D eigenvalue weighted by molar-refractivity contribution is 6.30. The lowest BCUT2D eigenvalue weighted by atomic mass is 9.98. The first-order chi connectivity index (χ1) is 14.4. The largest absolute Gasteiger partial charge is 0.460 e. The van der Waals surface area contributed by atoms with Crippen LogP contribution >= 0.6 is 11.6 Å². The molecule has 0 amide bonds. The first kappa shape index (κ1) is 23.3. The highest BCUT2D eigenvalue weighted by Crippen LogP contribution is 2.18. The smallest absolute Gasteiger partial charge is 0.338 e. The number of rotatable bonds is 11. The first-order valence-corrected chi connectivity index (χ1v) is 9.41.